The molecule has 1 aliphatic rings. The summed E-state index contributed by atoms with van der Waals surface area (Å²) in [5.74, 6) is 1.09. The first kappa shape index (κ1) is 16.5. The number of anilines is 2. The number of nitrogens with zero attached hydrogens (tertiary/aromatic N) is 4. The molecule has 0 radical (unpaired) electrons. The maximum Gasteiger partial charge on any atom is 0.128 e. The van der Waals surface area contributed by atoms with Crippen LogP contribution in [0.5, 0.6) is 0 Å². The summed E-state index contributed by atoms with van der Waals surface area (Å²) in [6.07, 6.45) is 6.34. The van der Waals surface area contributed by atoms with Gasteiger partial charge < -0.3 is 9.80 Å². The smallest absolute Gasteiger partial charge is 0.128 e. The molecule has 0 bridgehead atoms. The van der Waals surface area contributed by atoms with E-state index in [9.17, 15) is 0 Å². The van der Waals surface area contributed by atoms with E-state index in [0.29, 0.717) is 0 Å². The van der Waals surface area contributed by atoms with Gasteiger partial charge in [0.2, 0.25) is 0 Å². The molecule has 24 heavy (non-hydrogen) atoms. The van der Waals surface area contributed by atoms with Crippen molar-refractivity contribution >= 4 is 17.6 Å². The minimum atomic E-state index is 1.01. The second-order valence-electron chi connectivity index (χ2n) is 6.36. The molecule has 2 heterocycles. The van der Waals surface area contributed by atoms with Crippen molar-refractivity contribution in [3.8, 4) is 0 Å². The molecule has 0 unspecified atom stereocenters. The highest BCUT2D eigenvalue weighted by Gasteiger charge is 2.16. The molecule has 1 aliphatic heterocycles. The molecule has 0 N–H and O–H groups in total. The predicted octanol–water partition coefficient (Wildman–Crippen LogP) is 2.98. The lowest BCUT2D eigenvalue weighted by Crippen LogP contribution is -2.46. The maximum absolute atomic E-state index is 4.44. The normalized spacial score (nSPS) is 15.8. The van der Waals surface area contributed by atoms with E-state index in [1.807, 2.05) is 12.3 Å². The van der Waals surface area contributed by atoms with Gasteiger partial charge in [-0.1, -0.05) is 30.4 Å². The lowest BCUT2D eigenvalue weighted by Gasteiger charge is -2.34. The van der Waals surface area contributed by atoms with Gasteiger partial charge in [-0.05, 0) is 29.8 Å². The number of hydrogen-bond acceptors (Lipinski definition) is 4. The van der Waals surface area contributed by atoms with Crippen LogP contribution in [0, 0.1) is 0 Å². The van der Waals surface area contributed by atoms with Gasteiger partial charge in [-0.25, -0.2) is 4.98 Å². The molecule has 1 aromatic carbocycles. The number of aromatic nitrogens is 1. The molecule has 0 spiro atoms. The van der Waals surface area contributed by atoms with E-state index in [1.165, 1.54) is 11.3 Å². The molecule has 0 amide bonds. The lowest BCUT2D eigenvalue weighted by molar-refractivity contribution is 0.283. The summed E-state index contributed by atoms with van der Waals surface area (Å²) in [7, 11) is 4.13. The Balaban J connectivity index is 1.46. The van der Waals surface area contributed by atoms with Crippen LogP contribution in [0.1, 0.15) is 5.56 Å². The molecule has 0 atom stereocenters. The fourth-order valence-electron chi connectivity index (χ4n) is 2.92. The zero-order chi connectivity index (χ0) is 16.8. The van der Waals surface area contributed by atoms with Crippen molar-refractivity contribution in [3.63, 3.8) is 0 Å². The highest BCUT2D eigenvalue weighted by Crippen LogP contribution is 2.14. The van der Waals surface area contributed by atoms with Gasteiger partial charge in [0.15, 0.2) is 0 Å². The Bertz CT molecular complexity index is 641. The summed E-state index contributed by atoms with van der Waals surface area (Å²) in [4.78, 5) is 11.4. The van der Waals surface area contributed by atoms with Gasteiger partial charge >= 0.3 is 0 Å². The molecule has 4 nitrogen and oxygen atoms in total. The third-order valence-electron chi connectivity index (χ3n) is 4.43. The molecular formula is C20H26N4. The largest absolute Gasteiger partial charge is 0.378 e. The molecule has 3 rings (SSSR count). The lowest BCUT2D eigenvalue weighted by atomic mass is 10.2. The van der Waals surface area contributed by atoms with Crippen molar-refractivity contribution in [2.45, 2.75) is 0 Å². The van der Waals surface area contributed by atoms with Crippen LogP contribution in [0.15, 0.2) is 54.7 Å². The van der Waals surface area contributed by atoms with E-state index in [-0.39, 0.29) is 0 Å². The summed E-state index contributed by atoms with van der Waals surface area (Å²) in [6.45, 7) is 5.26. The Labute approximate surface area is 145 Å². The quantitative estimate of drug-likeness (QED) is 0.844. The highest BCUT2D eigenvalue weighted by molar-refractivity contribution is 5.55. The first-order valence-corrected chi connectivity index (χ1v) is 8.54. The van der Waals surface area contributed by atoms with Crippen molar-refractivity contribution < 1.29 is 0 Å². The fourth-order valence-corrected chi connectivity index (χ4v) is 2.92. The highest BCUT2D eigenvalue weighted by atomic mass is 15.3. The van der Waals surface area contributed by atoms with E-state index in [1.54, 1.807) is 0 Å². The second kappa shape index (κ2) is 7.97. The number of pyridine rings is 1. The van der Waals surface area contributed by atoms with Gasteiger partial charge in [0, 0.05) is 58.7 Å². The Morgan fingerprint density at radius 3 is 2.38 bits per heavy atom. The van der Waals surface area contributed by atoms with Crippen LogP contribution in [0.25, 0.3) is 6.08 Å². The van der Waals surface area contributed by atoms with E-state index >= 15 is 0 Å². The van der Waals surface area contributed by atoms with Gasteiger partial charge in [-0.15, -0.1) is 0 Å². The molecular weight excluding hydrogens is 296 g/mol. The van der Waals surface area contributed by atoms with Gasteiger partial charge in [-0.2, -0.15) is 0 Å². The third-order valence-corrected chi connectivity index (χ3v) is 4.43. The topological polar surface area (TPSA) is 22.6 Å². The van der Waals surface area contributed by atoms with Gasteiger partial charge in [0.25, 0.3) is 0 Å². The van der Waals surface area contributed by atoms with E-state index in [0.717, 1.165) is 38.5 Å². The molecule has 1 aromatic heterocycles. The number of hydrogen-bond donors (Lipinski definition) is 0. The van der Waals surface area contributed by atoms with Crippen LogP contribution < -0.4 is 9.80 Å². The number of piperazine rings is 1. The zero-order valence-electron chi connectivity index (χ0n) is 14.6. The summed E-state index contributed by atoms with van der Waals surface area (Å²) in [5.41, 5.74) is 2.49. The Kier molecular flexibility index (Phi) is 5.49. The van der Waals surface area contributed by atoms with Crippen molar-refractivity contribution in [1.82, 2.24) is 9.88 Å². The van der Waals surface area contributed by atoms with Crippen LogP contribution in [-0.4, -0.2) is 56.7 Å². The van der Waals surface area contributed by atoms with E-state index < -0.39 is 0 Å². The van der Waals surface area contributed by atoms with Crippen LogP contribution >= 0.6 is 0 Å². The average Bonchev–Trinajstić information content (AvgIpc) is 2.63. The minimum Gasteiger partial charge on any atom is -0.378 e. The summed E-state index contributed by atoms with van der Waals surface area (Å²) < 4.78 is 0. The Morgan fingerprint density at radius 2 is 1.75 bits per heavy atom. The van der Waals surface area contributed by atoms with Crippen molar-refractivity contribution in [2.75, 3.05) is 56.6 Å². The van der Waals surface area contributed by atoms with Crippen LogP contribution in [0.3, 0.4) is 0 Å². The van der Waals surface area contributed by atoms with Gasteiger partial charge in [-0.3, -0.25) is 4.90 Å². The number of rotatable bonds is 5. The minimum absolute atomic E-state index is 1.01. The summed E-state index contributed by atoms with van der Waals surface area (Å²) in [5, 5.41) is 0. The fraction of sp³-hybridized carbons (Fsp3) is 0.350. The molecule has 1 fully saturated rings. The van der Waals surface area contributed by atoms with E-state index in [4.69, 9.17) is 0 Å². The van der Waals surface area contributed by atoms with Gasteiger partial charge in [0.1, 0.15) is 5.82 Å². The Hall–Kier alpha value is -2.33. The molecule has 126 valence electrons. The summed E-state index contributed by atoms with van der Waals surface area (Å²) in [6, 6.07) is 14.8. The van der Waals surface area contributed by atoms with Crippen LogP contribution in [0.2, 0.25) is 0 Å². The van der Waals surface area contributed by atoms with Crippen LogP contribution in [-0.2, 0) is 0 Å². The molecule has 2 aromatic rings. The molecule has 0 saturated carbocycles. The molecule has 0 aliphatic carbocycles. The third kappa shape index (κ3) is 4.36. The second-order valence-corrected chi connectivity index (χ2v) is 6.36. The Morgan fingerprint density at radius 1 is 1.00 bits per heavy atom. The van der Waals surface area contributed by atoms with Crippen LogP contribution in [0.4, 0.5) is 11.5 Å². The number of benzene rings is 1. The van der Waals surface area contributed by atoms with Crippen molar-refractivity contribution in [2.24, 2.45) is 0 Å². The molecule has 4 heteroatoms. The maximum atomic E-state index is 4.44. The average molecular weight is 322 g/mol. The zero-order valence-corrected chi connectivity index (χ0v) is 14.6. The predicted molar refractivity (Wildman–Crippen MR) is 103 cm³/mol. The van der Waals surface area contributed by atoms with E-state index in [2.05, 4.69) is 82.3 Å². The SMILES string of the molecule is CN(C)c1ccc(/C=C/CN2CCN(c3ccccn3)CC2)cc1. The first-order chi connectivity index (χ1) is 11.7. The van der Waals surface area contributed by atoms with Crippen molar-refractivity contribution in [1.29, 1.82) is 0 Å². The van der Waals surface area contributed by atoms with Crippen molar-refractivity contribution in [3.05, 3.63) is 60.3 Å². The van der Waals surface area contributed by atoms with Gasteiger partial charge in [0.05, 0.1) is 0 Å². The standard InChI is InChI=1S/C20H26N4/c1-22(2)19-10-8-18(9-11-19)6-5-13-23-14-16-24(17-15-23)20-7-3-4-12-21-20/h3-12H,13-17H2,1-2H3/b6-5+. The monoisotopic (exact) mass is 322 g/mol. The summed E-state index contributed by atoms with van der Waals surface area (Å²) >= 11 is 0. The first-order valence-electron chi connectivity index (χ1n) is 8.54. The molecule has 1 saturated heterocycles.